The Morgan fingerprint density at radius 2 is 2.20 bits per heavy atom. The minimum atomic E-state index is 0.126. The number of carbonyl (C=O) groups is 1. The summed E-state index contributed by atoms with van der Waals surface area (Å²) in [6.45, 7) is 1.35. The minimum absolute atomic E-state index is 0.126. The second-order valence-electron chi connectivity index (χ2n) is 4.71. The summed E-state index contributed by atoms with van der Waals surface area (Å²) in [5.74, 6) is 1.29. The van der Waals surface area contributed by atoms with Crippen LogP contribution in [0.15, 0.2) is 12.1 Å². The fourth-order valence-corrected chi connectivity index (χ4v) is 2.58. The quantitative estimate of drug-likeness (QED) is 0.840. The van der Waals surface area contributed by atoms with E-state index < -0.39 is 0 Å². The maximum absolute atomic E-state index is 11.1. The van der Waals surface area contributed by atoms with Crippen LogP contribution in [0.25, 0.3) is 0 Å². The molecule has 1 atom stereocenters. The van der Waals surface area contributed by atoms with Gasteiger partial charge in [0.1, 0.15) is 0 Å². The summed E-state index contributed by atoms with van der Waals surface area (Å²) in [6.07, 6.45) is 1.50. The lowest BCUT2D eigenvalue weighted by molar-refractivity contribution is -0.119. The summed E-state index contributed by atoms with van der Waals surface area (Å²) in [7, 11) is 3.14. The van der Waals surface area contributed by atoms with Crippen molar-refractivity contribution in [2.24, 2.45) is 0 Å². The van der Waals surface area contributed by atoms with E-state index >= 15 is 0 Å². The summed E-state index contributed by atoms with van der Waals surface area (Å²) in [6, 6.07) is 3.95. The van der Waals surface area contributed by atoms with Crippen molar-refractivity contribution in [3.05, 3.63) is 22.7 Å². The molecule has 1 aliphatic rings. The molecular weight excluding hydrogens is 280 g/mol. The van der Waals surface area contributed by atoms with Crippen LogP contribution in [0.3, 0.4) is 0 Å². The zero-order valence-electron chi connectivity index (χ0n) is 11.7. The van der Waals surface area contributed by atoms with Gasteiger partial charge in [0.25, 0.3) is 0 Å². The van der Waals surface area contributed by atoms with Gasteiger partial charge in [0.15, 0.2) is 11.5 Å². The van der Waals surface area contributed by atoms with Crippen molar-refractivity contribution in [1.82, 2.24) is 10.6 Å². The molecule has 1 aromatic carbocycles. The summed E-state index contributed by atoms with van der Waals surface area (Å²) in [5, 5.41) is 6.77. The van der Waals surface area contributed by atoms with Crippen molar-refractivity contribution < 1.29 is 14.3 Å². The van der Waals surface area contributed by atoms with Gasteiger partial charge in [-0.1, -0.05) is 17.7 Å². The third-order valence-corrected chi connectivity index (χ3v) is 3.77. The Bertz CT molecular complexity index is 494. The van der Waals surface area contributed by atoms with E-state index in [0.717, 1.165) is 18.5 Å². The van der Waals surface area contributed by atoms with Crippen molar-refractivity contribution in [3.8, 4) is 11.5 Å². The lowest BCUT2D eigenvalue weighted by atomic mass is 10.2. The Morgan fingerprint density at radius 3 is 2.80 bits per heavy atom. The van der Waals surface area contributed by atoms with E-state index in [1.807, 2.05) is 12.1 Å². The van der Waals surface area contributed by atoms with Crippen LogP contribution in [0.1, 0.15) is 18.4 Å². The molecule has 2 rings (SSSR count). The molecule has 1 unspecified atom stereocenters. The van der Waals surface area contributed by atoms with E-state index in [-0.39, 0.29) is 11.9 Å². The fourth-order valence-electron chi connectivity index (χ4n) is 2.28. The number of methoxy groups -OCH3 is 2. The number of benzene rings is 1. The summed E-state index contributed by atoms with van der Waals surface area (Å²) >= 11 is 6.30. The smallest absolute Gasteiger partial charge is 0.220 e. The van der Waals surface area contributed by atoms with Gasteiger partial charge in [-0.2, -0.15) is 0 Å². The van der Waals surface area contributed by atoms with Gasteiger partial charge in [-0.3, -0.25) is 4.79 Å². The van der Waals surface area contributed by atoms with E-state index in [4.69, 9.17) is 21.1 Å². The van der Waals surface area contributed by atoms with Crippen molar-refractivity contribution >= 4 is 17.5 Å². The molecule has 1 amide bonds. The Balaban J connectivity index is 1.94. The minimum Gasteiger partial charge on any atom is -0.493 e. The van der Waals surface area contributed by atoms with Gasteiger partial charge in [0.05, 0.1) is 19.2 Å². The molecule has 0 spiro atoms. The first-order valence-corrected chi connectivity index (χ1v) is 6.93. The molecule has 5 nitrogen and oxygen atoms in total. The molecule has 6 heteroatoms. The van der Waals surface area contributed by atoms with E-state index in [9.17, 15) is 4.79 Å². The molecule has 1 saturated heterocycles. The third kappa shape index (κ3) is 3.35. The first kappa shape index (κ1) is 14.9. The molecule has 20 heavy (non-hydrogen) atoms. The average molecular weight is 299 g/mol. The Labute approximate surface area is 123 Å². The number of rotatable bonds is 6. The molecule has 1 heterocycles. The average Bonchev–Trinajstić information content (AvgIpc) is 2.86. The molecule has 0 saturated carbocycles. The summed E-state index contributed by atoms with van der Waals surface area (Å²) in [4.78, 5) is 11.1. The van der Waals surface area contributed by atoms with Crippen LogP contribution >= 0.6 is 11.6 Å². The molecule has 0 radical (unpaired) electrons. The third-order valence-electron chi connectivity index (χ3n) is 3.36. The van der Waals surface area contributed by atoms with Gasteiger partial charge in [-0.15, -0.1) is 0 Å². The van der Waals surface area contributed by atoms with Crippen LogP contribution in [0.5, 0.6) is 11.5 Å². The van der Waals surface area contributed by atoms with Crippen LogP contribution in [0, 0.1) is 0 Å². The molecule has 1 fully saturated rings. The number of amides is 1. The second kappa shape index (κ2) is 6.81. The Morgan fingerprint density at radius 1 is 1.40 bits per heavy atom. The van der Waals surface area contributed by atoms with E-state index in [0.29, 0.717) is 29.5 Å². The van der Waals surface area contributed by atoms with Gasteiger partial charge in [-0.25, -0.2) is 0 Å². The lowest BCUT2D eigenvalue weighted by Crippen LogP contribution is -2.35. The van der Waals surface area contributed by atoms with Crippen LogP contribution in [-0.4, -0.2) is 32.7 Å². The van der Waals surface area contributed by atoms with Crippen molar-refractivity contribution in [3.63, 3.8) is 0 Å². The van der Waals surface area contributed by atoms with Gasteiger partial charge in [-0.05, 0) is 18.1 Å². The molecule has 1 aliphatic heterocycles. The van der Waals surface area contributed by atoms with Gasteiger partial charge < -0.3 is 20.1 Å². The summed E-state index contributed by atoms with van der Waals surface area (Å²) < 4.78 is 10.5. The molecule has 2 N–H and O–H groups in total. The Kier molecular flexibility index (Phi) is 5.09. The lowest BCUT2D eigenvalue weighted by Gasteiger charge is -2.15. The number of hydrogen-bond donors (Lipinski definition) is 2. The highest BCUT2D eigenvalue weighted by Crippen LogP contribution is 2.37. The molecule has 110 valence electrons. The largest absolute Gasteiger partial charge is 0.493 e. The molecule has 0 aromatic heterocycles. The molecule has 0 aliphatic carbocycles. The number of carbonyl (C=O) groups excluding carboxylic acids is 1. The first-order valence-electron chi connectivity index (χ1n) is 6.55. The van der Waals surface area contributed by atoms with Crippen LogP contribution < -0.4 is 20.1 Å². The molecule has 0 bridgehead atoms. The predicted octanol–water partition coefficient (Wildman–Crippen LogP) is 1.73. The number of halogens is 1. The fraction of sp³-hybridized carbons (Fsp3) is 0.500. The SMILES string of the molecule is COc1ccc(CNCC2CCC(=O)N2)c(Cl)c1OC. The topological polar surface area (TPSA) is 59.6 Å². The van der Waals surface area contributed by atoms with Gasteiger partial charge in [0, 0.05) is 25.6 Å². The zero-order valence-corrected chi connectivity index (χ0v) is 12.4. The number of nitrogens with one attached hydrogen (secondary N) is 2. The number of hydrogen-bond acceptors (Lipinski definition) is 4. The highest BCUT2D eigenvalue weighted by molar-refractivity contribution is 6.33. The standard InChI is InChI=1S/C14H19ClN2O3/c1-19-11-5-3-9(13(15)14(11)20-2)7-16-8-10-4-6-12(18)17-10/h3,5,10,16H,4,6-8H2,1-2H3,(H,17,18). The first-order chi connectivity index (χ1) is 9.65. The normalized spacial score (nSPS) is 17.9. The zero-order chi connectivity index (χ0) is 14.5. The maximum atomic E-state index is 11.1. The van der Waals surface area contributed by atoms with Crippen molar-refractivity contribution in [2.45, 2.75) is 25.4 Å². The summed E-state index contributed by atoms with van der Waals surface area (Å²) in [5.41, 5.74) is 0.939. The van der Waals surface area contributed by atoms with Crippen LogP contribution in [0.2, 0.25) is 5.02 Å². The van der Waals surface area contributed by atoms with E-state index in [1.165, 1.54) is 0 Å². The monoisotopic (exact) mass is 298 g/mol. The van der Waals surface area contributed by atoms with Crippen molar-refractivity contribution in [1.29, 1.82) is 0 Å². The van der Waals surface area contributed by atoms with Gasteiger partial charge >= 0.3 is 0 Å². The van der Waals surface area contributed by atoms with Crippen molar-refractivity contribution in [2.75, 3.05) is 20.8 Å². The number of ether oxygens (including phenoxy) is 2. The maximum Gasteiger partial charge on any atom is 0.220 e. The van der Waals surface area contributed by atoms with Gasteiger partial charge in [0.2, 0.25) is 5.91 Å². The van der Waals surface area contributed by atoms with Crippen LogP contribution in [-0.2, 0) is 11.3 Å². The van der Waals surface area contributed by atoms with Crippen LogP contribution in [0.4, 0.5) is 0 Å². The van der Waals surface area contributed by atoms with E-state index in [1.54, 1.807) is 14.2 Å². The highest BCUT2D eigenvalue weighted by Gasteiger charge is 2.20. The predicted molar refractivity (Wildman–Crippen MR) is 77.4 cm³/mol. The molecular formula is C14H19ClN2O3. The molecule has 1 aromatic rings. The Hall–Kier alpha value is -1.46. The van der Waals surface area contributed by atoms with E-state index in [2.05, 4.69) is 10.6 Å². The second-order valence-corrected chi connectivity index (χ2v) is 5.09. The highest BCUT2D eigenvalue weighted by atomic mass is 35.5.